The van der Waals surface area contributed by atoms with E-state index >= 15 is 0 Å². The minimum Gasteiger partial charge on any atom is -0.293 e. The van der Waals surface area contributed by atoms with Gasteiger partial charge in [-0.3, -0.25) is 19.0 Å². The summed E-state index contributed by atoms with van der Waals surface area (Å²) in [6.07, 6.45) is 0. The molecule has 0 aliphatic heterocycles. The normalized spacial score (nSPS) is 11.3. The lowest BCUT2D eigenvalue weighted by atomic mass is 10.1. The summed E-state index contributed by atoms with van der Waals surface area (Å²) in [6, 6.07) is 8.31. The molecule has 0 radical (unpaired) electrons. The lowest BCUT2D eigenvalue weighted by Crippen LogP contribution is -2.13. The molecule has 0 unspecified atom stereocenters. The number of nitrogens with one attached hydrogen (secondary N) is 1. The van der Waals surface area contributed by atoms with Crippen LogP contribution in [0, 0.1) is 0 Å². The van der Waals surface area contributed by atoms with Crippen molar-refractivity contribution in [1.82, 2.24) is 19.6 Å². The largest absolute Gasteiger partial charge is 0.293 e. The number of nitrogens with zero attached hydrogens (tertiary/aromatic N) is 3. The van der Waals surface area contributed by atoms with Crippen LogP contribution in [0.4, 0.5) is 0 Å². The second-order valence-electron chi connectivity index (χ2n) is 5.57. The summed E-state index contributed by atoms with van der Waals surface area (Å²) < 4.78 is 1.78. The van der Waals surface area contributed by atoms with E-state index in [1.165, 1.54) is 17.8 Å². The Morgan fingerprint density at radius 3 is 2.67 bits per heavy atom. The van der Waals surface area contributed by atoms with E-state index in [1.807, 2.05) is 13.8 Å². The first-order chi connectivity index (χ1) is 11.5. The van der Waals surface area contributed by atoms with Crippen LogP contribution in [0.25, 0.3) is 5.78 Å². The zero-order chi connectivity index (χ0) is 17.3. The van der Waals surface area contributed by atoms with E-state index in [-0.39, 0.29) is 23.0 Å². The van der Waals surface area contributed by atoms with E-state index in [1.54, 1.807) is 28.7 Å². The standard InChI is InChI=1S/C16H15ClN4O2S/c1-9(2)12-7-14(23)18-15-19-20-16(21(12)15)24-8-13(22)10-3-5-11(17)6-4-10/h3-7,9H,8H2,1-2H3,(H,18,19,23). The topological polar surface area (TPSA) is 80.1 Å². The smallest absolute Gasteiger partial charge is 0.252 e. The van der Waals surface area contributed by atoms with Gasteiger partial charge in [-0.1, -0.05) is 37.2 Å². The molecule has 3 aromatic rings. The maximum absolute atomic E-state index is 12.3. The van der Waals surface area contributed by atoms with Crippen LogP contribution < -0.4 is 5.56 Å². The quantitative estimate of drug-likeness (QED) is 0.557. The Hall–Kier alpha value is -2.12. The van der Waals surface area contributed by atoms with E-state index in [9.17, 15) is 9.59 Å². The number of halogens is 1. The molecule has 3 rings (SSSR count). The van der Waals surface area contributed by atoms with Gasteiger partial charge in [0, 0.05) is 22.3 Å². The van der Waals surface area contributed by atoms with E-state index in [2.05, 4.69) is 15.2 Å². The predicted octanol–water partition coefficient (Wildman–Crippen LogP) is 3.17. The third-order valence-corrected chi connectivity index (χ3v) is 4.68. The Balaban J connectivity index is 1.87. The van der Waals surface area contributed by atoms with E-state index in [4.69, 9.17) is 11.6 Å². The van der Waals surface area contributed by atoms with Gasteiger partial charge in [0.25, 0.3) is 5.56 Å². The second kappa shape index (κ2) is 6.78. The highest BCUT2D eigenvalue weighted by Crippen LogP contribution is 2.22. The van der Waals surface area contributed by atoms with Crippen molar-refractivity contribution in [3.05, 3.63) is 57.0 Å². The average molecular weight is 363 g/mol. The van der Waals surface area contributed by atoms with E-state index in [0.29, 0.717) is 21.5 Å². The fourth-order valence-electron chi connectivity index (χ4n) is 2.30. The molecule has 0 fully saturated rings. The van der Waals surface area contributed by atoms with Gasteiger partial charge in [-0.2, -0.15) is 0 Å². The van der Waals surface area contributed by atoms with Crippen molar-refractivity contribution < 1.29 is 4.79 Å². The van der Waals surface area contributed by atoms with Gasteiger partial charge in [-0.05, 0) is 30.2 Å². The number of carbonyl (C=O) groups is 1. The summed E-state index contributed by atoms with van der Waals surface area (Å²) in [4.78, 5) is 26.6. The van der Waals surface area contributed by atoms with E-state index in [0.717, 1.165) is 5.69 Å². The van der Waals surface area contributed by atoms with Gasteiger partial charge in [-0.25, -0.2) is 0 Å². The first-order valence-corrected chi connectivity index (χ1v) is 8.72. The van der Waals surface area contributed by atoms with Crippen molar-refractivity contribution in [2.45, 2.75) is 24.9 Å². The van der Waals surface area contributed by atoms with Gasteiger partial charge in [-0.15, -0.1) is 10.2 Å². The van der Waals surface area contributed by atoms with Crippen LogP contribution in [0.1, 0.15) is 35.8 Å². The number of rotatable bonds is 5. The number of hydrogen-bond donors (Lipinski definition) is 1. The van der Waals surface area contributed by atoms with Gasteiger partial charge in [0.1, 0.15) is 0 Å². The zero-order valence-electron chi connectivity index (χ0n) is 13.1. The fourth-order valence-corrected chi connectivity index (χ4v) is 3.27. The monoisotopic (exact) mass is 362 g/mol. The van der Waals surface area contributed by atoms with Crippen LogP contribution in [-0.2, 0) is 0 Å². The summed E-state index contributed by atoms with van der Waals surface area (Å²) in [7, 11) is 0. The van der Waals surface area contributed by atoms with Crippen molar-refractivity contribution >= 4 is 34.9 Å². The average Bonchev–Trinajstić information content (AvgIpc) is 2.95. The highest BCUT2D eigenvalue weighted by molar-refractivity contribution is 7.99. The van der Waals surface area contributed by atoms with Gasteiger partial charge in [0.15, 0.2) is 10.9 Å². The minimum atomic E-state index is -0.215. The molecular weight excluding hydrogens is 348 g/mol. The van der Waals surface area contributed by atoms with Crippen LogP contribution in [0.2, 0.25) is 5.02 Å². The SMILES string of the molecule is CC(C)c1cc(=O)[nH]c2nnc(SCC(=O)c3ccc(Cl)cc3)n12. The third kappa shape index (κ3) is 3.37. The molecule has 0 saturated carbocycles. The molecule has 0 aliphatic carbocycles. The van der Waals surface area contributed by atoms with Crippen molar-refractivity contribution in [3.8, 4) is 0 Å². The first kappa shape index (κ1) is 16.7. The number of aromatic nitrogens is 4. The number of aromatic amines is 1. The Labute approximate surface area is 147 Å². The number of carbonyl (C=O) groups excluding carboxylic acids is 1. The number of H-pyrrole nitrogens is 1. The number of benzene rings is 1. The Kier molecular flexibility index (Phi) is 4.73. The number of Topliss-reactive ketones (excluding diaryl/α,β-unsaturated/α-hetero) is 1. The number of hydrogen-bond acceptors (Lipinski definition) is 5. The molecule has 0 spiro atoms. The Morgan fingerprint density at radius 2 is 2.00 bits per heavy atom. The van der Waals surface area contributed by atoms with Crippen molar-refractivity contribution in [1.29, 1.82) is 0 Å². The van der Waals surface area contributed by atoms with Gasteiger partial charge in [0.2, 0.25) is 5.78 Å². The lowest BCUT2D eigenvalue weighted by molar-refractivity contribution is 0.102. The van der Waals surface area contributed by atoms with Gasteiger partial charge in [0.05, 0.1) is 5.75 Å². The van der Waals surface area contributed by atoms with Crippen molar-refractivity contribution in [3.63, 3.8) is 0 Å². The molecule has 2 heterocycles. The molecule has 6 nitrogen and oxygen atoms in total. The van der Waals surface area contributed by atoms with Gasteiger partial charge >= 0.3 is 0 Å². The van der Waals surface area contributed by atoms with Crippen LogP contribution in [0.5, 0.6) is 0 Å². The molecule has 0 bridgehead atoms. The van der Waals surface area contributed by atoms with Crippen LogP contribution in [-0.4, -0.2) is 31.1 Å². The molecule has 0 amide bonds. The Morgan fingerprint density at radius 1 is 1.29 bits per heavy atom. The van der Waals surface area contributed by atoms with Crippen molar-refractivity contribution in [2.75, 3.05) is 5.75 Å². The highest BCUT2D eigenvalue weighted by atomic mass is 35.5. The molecule has 1 aromatic carbocycles. The van der Waals surface area contributed by atoms with Crippen LogP contribution >= 0.6 is 23.4 Å². The molecule has 0 atom stereocenters. The molecule has 0 aliphatic rings. The Bertz CT molecular complexity index is 947. The molecule has 8 heteroatoms. The van der Waals surface area contributed by atoms with Gasteiger partial charge < -0.3 is 0 Å². The molecule has 0 saturated heterocycles. The highest BCUT2D eigenvalue weighted by Gasteiger charge is 2.16. The summed E-state index contributed by atoms with van der Waals surface area (Å²) >= 11 is 7.12. The molecule has 2 aromatic heterocycles. The number of thioether (sulfide) groups is 1. The second-order valence-corrected chi connectivity index (χ2v) is 6.95. The molecule has 24 heavy (non-hydrogen) atoms. The summed E-state index contributed by atoms with van der Waals surface area (Å²) in [6.45, 7) is 3.98. The van der Waals surface area contributed by atoms with Crippen LogP contribution in [0.3, 0.4) is 0 Å². The molecular formula is C16H15ClN4O2S. The molecule has 124 valence electrons. The molecule has 1 N–H and O–H groups in total. The predicted molar refractivity (Wildman–Crippen MR) is 94.2 cm³/mol. The van der Waals surface area contributed by atoms with Crippen LogP contribution in [0.15, 0.2) is 40.3 Å². The van der Waals surface area contributed by atoms with Crippen molar-refractivity contribution in [2.24, 2.45) is 0 Å². The maximum atomic E-state index is 12.3. The zero-order valence-corrected chi connectivity index (χ0v) is 14.7. The summed E-state index contributed by atoms with van der Waals surface area (Å²) in [5.41, 5.74) is 1.19. The minimum absolute atomic E-state index is 0.0241. The third-order valence-electron chi connectivity index (χ3n) is 3.50. The lowest BCUT2D eigenvalue weighted by Gasteiger charge is -2.09. The fraction of sp³-hybridized carbons (Fsp3) is 0.250. The van der Waals surface area contributed by atoms with E-state index < -0.39 is 0 Å². The summed E-state index contributed by atoms with van der Waals surface area (Å²) in [5, 5.41) is 9.25. The maximum Gasteiger partial charge on any atom is 0.252 e. The summed E-state index contributed by atoms with van der Waals surface area (Å²) in [5.74, 6) is 0.702. The number of fused-ring (bicyclic) bond motifs is 1. The first-order valence-electron chi connectivity index (χ1n) is 7.35. The number of ketones is 1.